The van der Waals surface area contributed by atoms with Crippen LogP contribution in [0.4, 0.5) is 35.0 Å². The molecule has 0 spiro atoms. The largest absolute Gasteiger partial charge is 0.417 e. The van der Waals surface area contributed by atoms with E-state index in [1.54, 1.807) is 36.5 Å². The summed E-state index contributed by atoms with van der Waals surface area (Å²) in [6.07, 6.45) is -1.69. The Labute approximate surface area is 213 Å². The van der Waals surface area contributed by atoms with Crippen LogP contribution < -0.4 is 22.1 Å². The molecular weight excluding hydrogens is 504 g/mol. The lowest BCUT2D eigenvalue weighted by atomic mass is 10.0. The molecule has 0 radical (unpaired) electrons. The SMILES string of the molecule is N=C(N)c1cc(-c2ccc(CNc3ncc(C(F)(F)F)cc3C(=O)Nc3ccc(F)cn3)cc2)cnc1N. The number of nitrogen functional groups attached to an aromatic ring is 2. The number of amides is 1. The molecule has 0 aliphatic rings. The van der Waals surface area contributed by atoms with Crippen molar-refractivity contribution < 1.29 is 22.4 Å². The molecule has 38 heavy (non-hydrogen) atoms. The normalized spacial score (nSPS) is 11.2. The summed E-state index contributed by atoms with van der Waals surface area (Å²) in [6, 6.07) is 11.6. The number of carbonyl (C=O) groups is 1. The second-order valence-electron chi connectivity index (χ2n) is 8.05. The summed E-state index contributed by atoms with van der Waals surface area (Å²) in [5, 5.41) is 12.8. The second kappa shape index (κ2) is 10.5. The number of carbonyl (C=O) groups excluding carboxylic acids is 1. The van der Waals surface area contributed by atoms with Gasteiger partial charge in [-0.15, -0.1) is 0 Å². The van der Waals surface area contributed by atoms with E-state index in [1.807, 2.05) is 0 Å². The molecule has 0 fully saturated rings. The summed E-state index contributed by atoms with van der Waals surface area (Å²) < 4.78 is 52.9. The second-order valence-corrected chi connectivity index (χ2v) is 8.05. The van der Waals surface area contributed by atoms with E-state index >= 15 is 0 Å². The van der Waals surface area contributed by atoms with Crippen molar-refractivity contribution in [2.24, 2.45) is 5.73 Å². The number of aromatic nitrogens is 3. The predicted octanol–water partition coefficient (Wildman–Crippen LogP) is 4.43. The highest BCUT2D eigenvalue weighted by atomic mass is 19.4. The van der Waals surface area contributed by atoms with Crippen LogP contribution >= 0.6 is 0 Å². The summed E-state index contributed by atoms with van der Waals surface area (Å²) >= 11 is 0. The van der Waals surface area contributed by atoms with E-state index in [-0.39, 0.29) is 35.4 Å². The zero-order valence-electron chi connectivity index (χ0n) is 19.5. The quantitative estimate of drug-likeness (QED) is 0.136. The minimum Gasteiger partial charge on any atom is -0.384 e. The van der Waals surface area contributed by atoms with E-state index in [2.05, 4.69) is 25.6 Å². The van der Waals surface area contributed by atoms with Gasteiger partial charge in [0.05, 0.1) is 22.9 Å². The third-order valence-corrected chi connectivity index (χ3v) is 5.38. The summed E-state index contributed by atoms with van der Waals surface area (Å²) in [5.74, 6) is -1.74. The fraction of sp³-hybridized carbons (Fsp3) is 0.0800. The zero-order valence-corrected chi connectivity index (χ0v) is 19.5. The number of rotatable bonds is 7. The lowest BCUT2D eigenvalue weighted by molar-refractivity contribution is -0.137. The molecule has 0 saturated carbocycles. The van der Waals surface area contributed by atoms with E-state index in [1.165, 1.54) is 6.07 Å². The number of benzene rings is 1. The molecule has 0 aliphatic heterocycles. The number of anilines is 3. The molecule has 0 atom stereocenters. The van der Waals surface area contributed by atoms with Gasteiger partial charge in [0.25, 0.3) is 5.91 Å². The van der Waals surface area contributed by atoms with Gasteiger partial charge in [-0.2, -0.15) is 13.2 Å². The minimum atomic E-state index is -4.72. The summed E-state index contributed by atoms with van der Waals surface area (Å²) in [6.45, 7) is 0.131. The fourth-order valence-corrected chi connectivity index (χ4v) is 3.42. The van der Waals surface area contributed by atoms with Crippen LogP contribution in [0.5, 0.6) is 0 Å². The van der Waals surface area contributed by atoms with Crippen molar-refractivity contribution in [3.05, 3.63) is 95.2 Å². The van der Waals surface area contributed by atoms with Crippen molar-refractivity contribution in [1.82, 2.24) is 15.0 Å². The first-order valence-corrected chi connectivity index (χ1v) is 10.9. The van der Waals surface area contributed by atoms with E-state index in [4.69, 9.17) is 16.9 Å². The average molecular weight is 524 g/mol. The Morgan fingerprint density at radius 3 is 2.29 bits per heavy atom. The molecule has 194 valence electrons. The van der Waals surface area contributed by atoms with Crippen molar-refractivity contribution in [1.29, 1.82) is 5.41 Å². The molecule has 0 unspecified atom stereocenters. The van der Waals surface area contributed by atoms with Crippen molar-refractivity contribution >= 4 is 29.2 Å². The third kappa shape index (κ3) is 6.00. The summed E-state index contributed by atoms with van der Waals surface area (Å²) in [5.41, 5.74) is 12.3. The van der Waals surface area contributed by atoms with Gasteiger partial charge in [-0.3, -0.25) is 10.2 Å². The maximum Gasteiger partial charge on any atom is 0.417 e. The zero-order chi connectivity index (χ0) is 27.4. The van der Waals surface area contributed by atoms with Crippen LogP contribution in [0.15, 0.2) is 67.1 Å². The average Bonchev–Trinajstić information content (AvgIpc) is 2.88. The van der Waals surface area contributed by atoms with Gasteiger partial charge in [-0.25, -0.2) is 19.3 Å². The van der Waals surface area contributed by atoms with Crippen molar-refractivity contribution in [2.45, 2.75) is 12.7 Å². The van der Waals surface area contributed by atoms with Crippen molar-refractivity contribution in [2.75, 3.05) is 16.4 Å². The molecule has 7 N–H and O–H groups in total. The van der Waals surface area contributed by atoms with E-state index in [0.717, 1.165) is 23.4 Å². The number of alkyl halides is 3. The first-order chi connectivity index (χ1) is 18.0. The summed E-state index contributed by atoms with van der Waals surface area (Å²) in [7, 11) is 0. The molecule has 4 rings (SSSR count). The van der Waals surface area contributed by atoms with E-state index in [9.17, 15) is 22.4 Å². The van der Waals surface area contributed by atoms with Gasteiger partial charge in [0, 0.05) is 24.5 Å². The smallest absolute Gasteiger partial charge is 0.384 e. The maximum absolute atomic E-state index is 13.3. The molecule has 9 nitrogen and oxygen atoms in total. The van der Waals surface area contributed by atoms with Gasteiger partial charge < -0.3 is 22.1 Å². The maximum atomic E-state index is 13.3. The molecule has 1 aromatic carbocycles. The number of amidine groups is 1. The minimum absolute atomic E-state index is 0.0413. The van der Waals surface area contributed by atoms with Crippen LogP contribution in [-0.4, -0.2) is 26.7 Å². The van der Waals surface area contributed by atoms with Crippen molar-refractivity contribution in [3.63, 3.8) is 0 Å². The Morgan fingerprint density at radius 1 is 0.921 bits per heavy atom. The van der Waals surface area contributed by atoms with E-state index in [0.29, 0.717) is 23.4 Å². The molecular formula is C25H20F4N8O. The number of hydrogen-bond acceptors (Lipinski definition) is 7. The molecule has 13 heteroatoms. The number of nitrogens with zero attached hydrogens (tertiary/aromatic N) is 3. The number of pyridine rings is 3. The van der Waals surface area contributed by atoms with Crippen LogP contribution in [0.3, 0.4) is 0 Å². The van der Waals surface area contributed by atoms with Crippen LogP contribution in [0.1, 0.15) is 27.0 Å². The Bertz CT molecular complexity index is 1490. The first kappa shape index (κ1) is 26.0. The molecule has 3 heterocycles. The third-order valence-electron chi connectivity index (χ3n) is 5.38. The fourth-order valence-electron chi connectivity index (χ4n) is 3.42. The highest BCUT2D eigenvalue weighted by Gasteiger charge is 2.32. The van der Waals surface area contributed by atoms with Crippen LogP contribution in [0, 0.1) is 11.2 Å². The Morgan fingerprint density at radius 2 is 1.66 bits per heavy atom. The standard InChI is InChI=1S/C25H20F4N8O/c26-17-5-6-20(33-12-17)37-24(38)19-8-16(25(27,28)29)11-36-23(19)35-9-13-1-3-14(4-2-13)15-7-18(21(30)31)22(32)34-10-15/h1-8,10-12H,9H2,(H3,30,31)(H2,32,34)(H,35,36)(H,33,37,38). The first-order valence-electron chi connectivity index (χ1n) is 10.9. The van der Waals surface area contributed by atoms with Crippen LogP contribution in [0.25, 0.3) is 11.1 Å². The van der Waals surface area contributed by atoms with Gasteiger partial charge in [-0.05, 0) is 35.4 Å². The number of nitrogens with one attached hydrogen (secondary N) is 3. The van der Waals surface area contributed by atoms with Gasteiger partial charge in [-0.1, -0.05) is 24.3 Å². The molecule has 0 bridgehead atoms. The summed E-state index contributed by atoms with van der Waals surface area (Å²) in [4.78, 5) is 24.3. The lowest BCUT2D eigenvalue weighted by Crippen LogP contribution is -2.18. The molecule has 3 aromatic heterocycles. The highest BCUT2D eigenvalue weighted by molar-refractivity contribution is 6.07. The Balaban J connectivity index is 1.54. The van der Waals surface area contributed by atoms with Crippen LogP contribution in [-0.2, 0) is 12.7 Å². The molecule has 0 aliphatic carbocycles. The number of halogens is 4. The number of hydrogen-bond donors (Lipinski definition) is 5. The van der Waals surface area contributed by atoms with Crippen molar-refractivity contribution in [3.8, 4) is 11.1 Å². The topological polar surface area (TPSA) is 156 Å². The van der Waals surface area contributed by atoms with Crippen LogP contribution in [0.2, 0.25) is 0 Å². The lowest BCUT2D eigenvalue weighted by Gasteiger charge is -2.14. The molecule has 1 amide bonds. The number of nitrogens with two attached hydrogens (primary N) is 2. The highest BCUT2D eigenvalue weighted by Crippen LogP contribution is 2.31. The van der Waals surface area contributed by atoms with E-state index < -0.39 is 23.5 Å². The monoisotopic (exact) mass is 524 g/mol. The molecule has 4 aromatic rings. The Kier molecular flexibility index (Phi) is 7.19. The van der Waals surface area contributed by atoms with Gasteiger partial charge in [0.2, 0.25) is 0 Å². The van der Waals surface area contributed by atoms with Gasteiger partial charge >= 0.3 is 6.18 Å². The predicted molar refractivity (Wildman–Crippen MR) is 134 cm³/mol. The molecule has 0 saturated heterocycles. The van der Waals surface area contributed by atoms with Gasteiger partial charge in [0.1, 0.15) is 29.1 Å². The Hall–Kier alpha value is -5.07. The van der Waals surface area contributed by atoms with Gasteiger partial charge in [0.15, 0.2) is 0 Å².